The Kier molecular flexibility index (Phi) is 4.68. The molecule has 21 heavy (non-hydrogen) atoms. The van der Waals surface area contributed by atoms with Gasteiger partial charge in [0, 0.05) is 17.3 Å². The highest BCUT2D eigenvalue weighted by molar-refractivity contribution is 6.32. The zero-order valence-electron chi connectivity index (χ0n) is 10.8. The fraction of sp³-hybridized carbons (Fsp3) is 0. The predicted molar refractivity (Wildman–Crippen MR) is 80.3 cm³/mol. The summed E-state index contributed by atoms with van der Waals surface area (Å²) in [7, 11) is 0. The second-order valence-corrected chi connectivity index (χ2v) is 4.48. The molecule has 1 aromatic carbocycles. The molecule has 1 amide bonds. The Balaban J connectivity index is 2.13. The highest BCUT2D eigenvalue weighted by Gasteiger charge is 2.10. The van der Waals surface area contributed by atoms with Crippen LogP contribution in [0.3, 0.4) is 0 Å². The second-order valence-electron chi connectivity index (χ2n) is 4.07. The molecule has 5 nitrogen and oxygen atoms in total. The normalized spacial score (nSPS) is 10.5. The van der Waals surface area contributed by atoms with E-state index < -0.39 is 11.9 Å². The maximum atomic E-state index is 11.8. The molecule has 0 aliphatic carbocycles. The summed E-state index contributed by atoms with van der Waals surface area (Å²) in [5.74, 6) is -1.60. The first kappa shape index (κ1) is 14.7. The summed E-state index contributed by atoms with van der Waals surface area (Å²) < 4.78 is 0. The Labute approximate surface area is 125 Å². The molecule has 2 aromatic rings. The number of benzene rings is 1. The Morgan fingerprint density at radius 1 is 1.24 bits per heavy atom. The van der Waals surface area contributed by atoms with Crippen LogP contribution in [0.15, 0.2) is 48.8 Å². The molecule has 0 spiro atoms. The molecule has 0 atom stereocenters. The van der Waals surface area contributed by atoms with Gasteiger partial charge in [-0.15, -0.1) is 0 Å². The van der Waals surface area contributed by atoms with Crippen LogP contribution in [0.4, 0.5) is 5.69 Å². The van der Waals surface area contributed by atoms with Crippen molar-refractivity contribution in [2.24, 2.45) is 0 Å². The van der Waals surface area contributed by atoms with Crippen LogP contribution < -0.4 is 5.32 Å². The molecule has 0 aliphatic heterocycles. The van der Waals surface area contributed by atoms with Gasteiger partial charge in [-0.25, -0.2) is 4.79 Å². The smallest absolute Gasteiger partial charge is 0.337 e. The monoisotopic (exact) mass is 302 g/mol. The van der Waals surface area contributed by atoms with Crippen LogP contribution in [0.1, 0.15) is 15.9 Å². The number of rotatable bonds is 4. The molecular weight excluding hydrogens is 292 g/mol. The number of hydrogen-bond donors (Lipinski definition) is 2. The lowest BCUT2D eigenvalue weighted by Crippen LogP contribution is -2.12. The Bertz CT molecular complexity index is 714. The van der Waals surface area contributed by atoms with Gasteiger partial charge in [0.1, 0.15) is 0 Å². The summed E-state index contributed by atoms with van der Waals surface area (Å²) in [6.07, 6.45) is 5.46. The number of carbonyl (C=O) groups excluding carboxylic acids is 1. The van der Waals surface area contributed by atoms with E-state index in [0.29, 0.717) is 10.6 Å². The van der Waals surface area contributed by atoms with Gasteiger partial charge in [0.15, 0.2) is 0 Å². The number of nitrogens with zero attached hydrogens (tertiary/aromatic N) is 1. The van der Waals surface area contributed by atoms with Crippen LogP contribution in [0.5, 0.6) is 0 Å². The Hall–Kier alpha value is -2.66. The number of aromatic nitrogens is 1. The van der Waals surface area contributed by atoms with Crippen LogP contribution >= 0.6 is 11.6 Å². The van der Waals surface area contributed by atoms with Crippen molar-refractivity contribution in [2.75, 3.05) is 5.32 Å². The Morgan fingerprint density at radius 3 is 2.71 bits per heavy atom. The minimum Gasteiger partial charge on any atom is -0.478 e. The number of aromatic carboxylic acids is 1. The van der Waals surface area contributed by atoms with Crippen molar-refractivity contribution >= 4 is 35.2 Å². The van der Waals surface area contributed by atoms with Crippen molar-refractivity contribution in [1.29, 1.82) is 0 Å². The summed E-state index contributed by atoms with van der Waals surface area (Å²) in [5.41, 5.74) is 0.808. The van der Waals surface area contributed by atoms with Gasteiger partial charge in [-0.1, -0.05) is 29.8 Å². The predicted octanol–water partition coefficient (Wildman–Crippen LogP) is 3.09. The molecule has 6 heteroatoms. The van der Waals surface area contributed by atoms with Gasteiger partial charge in [-0.2, -0.15) is 0 Å². The highest BCUT2D eigenvalue weighted by Crippen LogP contribution is 2.17. The quantitative estimate of drug-likeness (QED) is 0.851. The molecule has 1 heterocycles. The summed E-state index contributed by atoms with van der Waals surface area (Å²) in [6.45, 7) is 0. The summed E-state index contributed by atoms with van der Waals surface area (Å²) >= 11 is 5.96. The molecular formula is C15H11ClN2O3. The maximum absolute atomic E-state index is 11.8. The molecule has 2 N–H and O–H groups in total. The van der Waals surface area contributed by atoms with Crippen LogP contribution in [0.25, 0.3) is 6.08 Å². The first-order valence-electron chi connectivity index (χ1n) is 5.99. The SMILES string of the molecule is O=C(C=Cc1ccccc1Cl)Nc1cnccc1C(=O)O. The lowest BCUT2D eigenvalue weighted by molar-refractivity contribution is -0.111. The molecule has 0 saturated carbocycles. The van der Waals surface area contributed by atoms with Gasteiger partial charge in [0.25, 0.3) is 0 Å². The van der Waals surface area contributed by atoms with Crippen molar-refractivity contribution < 1.29 is 14.7 Å². The van der Waals surface area contributed by atoms with Crippen LogP contribution in [0, 0.1) is 0 Å². The van der Waals surface area contributed by atoms with E-state index in [-0.39, 0.29) is 11.3 Å². The van der Waals surface area contributed by atoms with Gasteiger partial charge in [-0.05, 0) is 23.8 Å². The van der Waals surface area contributed by atoms with Crippen LogP contribution in [0.2, 0.25) is 5.02 Å². The van der Waals surface area contributed by atoms with Crippen molar-refractivity contribution in [1.82, 2.24) is 4.98 Å². The topological polar surface area (TPSA) is 79.3 Å². The van der Waals surface area contributed by atoms with Gasteiger partial charge >= 0.3 is 5.97 Å². The zero-order chi connectivity index (χ0) is 15.2. The average molecular weight is 303 g/mol. The lowest BCUT2D eigenvalue weighted by Gasteiger charge is -2.05. The third-order valence-electron chi connectivity index (χ3n) is 2.63. The summed E-state index contributed by atoms with van der Waals surface area (Å²) in [6, 6.07) is 8.37. The third-order valence-corrected chi connectivity index (χ3v) is 2.97. The minimum atomic E-state index is -1.14. The number of carboxylic acid groups (broad SMARTS) is 1. The van der Waals surface area contributed by atoms with E-state index in [1.54, 1.807) is 30.3 Å². The van der Waals surface area contributed by atoms with Crippen molar-refractivity contribution in [3.63, 3.8) is 0 Å². The molecule has 0 radical (unpaired) electrons. The average Bonchev–Trinajstić information content (AvgIpc) is 2.47. The maximum Gasteiger partial charge on any atom is 0.337 e. The van der Waals surface area contributed by atoms with E-state index in [1.165, 1.54) is 24.5 Å². The summed E-state index contributed by atoms with van der Waals surface area (Å²) in [4.78, 5) is 26.6. The molecule has 0 bridgehead atoms. The highest BCUT2D eigenvalue weighted by atomic mass is 35.5. The zero-order valence-corrected chi connectivity index (χ0v) is 11.5. The standard InChI is InChI=1S/C15H11ClN2O3/c16-12-4-2-1-3-10(12)5-6-14(19)18-13-9-17-8-7-11(13)15(20)21/h1-9H,(H,18,19)(H,20,21). The number of nitrogens with one attached hydrogen (secondary N) is 1. The molecule has 0 unspecified atom stereocenters. The van der Waals surface area contributed by atoms with Gasteiger partial charge < -0.3 is 10.4 Å². The number of anilines is 1. The van der Waals surface area contributed by atoms with E-state index >= 15 is 0 Å². The van der Waals surface area contributed by atoms with E-state index in [4.69, 9.17) is 16.7 Å². The van der Waals surface area contributed by atoms with Gasteiger partial charge in [0.05, 0.1) is 17.4 Å². The lowest BCUT2D eigenvalue weighted by atomic mass is 10.2. The number of amides is 1. The van der Waals surface area contributed by atoms with E-state index in [0.717, 1.165) is 0 Å². The minimum absolute atomic E-state index is 0.0236. The molecule has 0 aliphatic rings. The molecule has 1 aromatic heterocycles. The van der Waals surface area contributed by atoms with Gasteiger partial charge in [-0.3, -0.25) is 9.78 Å². The molecule has 2 rings (SSSR count). The van der Waals surface area contributed by atoms with Crippen molar-refractivity contribution in [3.8, 4) is 0 Å². The fourth-order valence-electron chi connectivity index (χ4n) is 1.63. The van der Waals surface area contributed by atoms with E-state index in [1.807, 2.05) is 0 Å². The van der Waals surface area contributed by atoms with Crippen LogP contribution in [-0.4, -0.2) is 22.0 Å². The number of carbonyl (C=O) groups is 2. The Morgan fingerprint density at radius 2 is 2.00 bits per heavy atom. The summed E-state index contributed by atoms with van der Waals surface area (Å²) in [5, 5.41) is 12.0. The first-order chi connectivity index (χ1) is 10.1. The third kappa shape index (κ3) is 3.90. The number of hydrogen-bond acceptors (Lipinski definition) is 3. The first-order valence-corrected chi connectivity index (χ1v) is 6.36. The number of carboxylic acids is 1. The molecule has 0 saturated heterocycles. The largest absolute Gasteiger partial charge is 0.478 e. The second kappa shape index (κ2) is 6.67. The molecule has 106 valence electrons. The van der Waals surface area contributed by atoms with Crippen molar-refractivity contribution in [3.05, 3.63) is 65.0 Å². The van der Waals surface area contributed by atoms with Gasteiger partial charge in [0.2, 0.25) is 5.91 Å². The fourth-order valence-corrected chi connectivity index (χ4v) is 1.83. The molecule has 0 fully saturated rings. The van der Waals surface area contributed by atoms with E-state index in [9.17, 15) is 9.59 Å². The number of halogens is 1. The van der Waals surface area contributed by atoms with Crippen LogP contribution in [-0.2, 0) is 4.79 Å². The number of pyridine rings is 1. The van der Waals surface area contributed by atoms with E-state index in [2.05, 4.69) is 10.3 Å². The van der Waals surface area contributed by atoms with Crippen molar-refractivity contribution in [2.45, 2.75) is 0 Å².